The second-order valence-electron chi connectivity index (χ2n) is 5.49. The van der Waals surface area contributed by atoms with E-state index in [-0.39, 0.29) is 12.6 Å². The predicted molar refractivity (Wildman–Crippen MR) is 96.8 cm³/mol. The van der Waals surface area contributed by atoms with Gasteiger partial charge >= 0.3 is 12.0 Å². The van der Waals surface area contributed by atoms with Crippen LogP contribution in [0.15, 0.2) is 65.2 Å². The molecule has 4 aromatic rings. The van der Waals surface area contributed by atoms with Crippen molar-refractivity contribution in [3.63, 3.8) is 0 Å². The van der Waals surface area contributed by atoms with Crippen LogP contribution >= 0.6 is 0 Å². The van der Waals surface area contributed by atoms with Crippen LogP contribution in [0.4, 0.5) is 11.8 Å². The minimum Gasteiger partial charge on any atom is -0.462 e. The normalized spacial score (nSPS) is 10.8. The molecule has 130 valence electrons. The van der Waals surface area contributed by atoms with Crippen LogP contribution in [0.3, 0.4) is 0 Å². The van der Waals surface area contributed by atoms with E-state index in [1.807, 2.05) is 54.6 Å². The van der Waals surface area contributed by atoms with E-state index in [0.29, 0.717) is 17.0 Å². The number of nitrogens with one attached hydrogen (secondary N) is 1. The Bertz CT molecular complexity index is 1020. The van der Waals surface area contributed by atoms with E-state index in [9.17, 15) is 4.79 Å². The summed E-state index contributed by atoms with van der Waals surface area (Å²) < 4.78 is 12.5. The number of ether oxygens (including phenoxy) is 1. The zero-order chi connectivity index (χ0) is 17.9. The van der Waals surface area contributed by atoms with Crippen LogP contribution in [0.2, 0.25) is 0 Å². The van der Waals surface area contributed by atoms with Crippen molar-refractivity contribution in [2.75, 3.05) is 11.9 Å². The molecular formula is C19H16N4O3. The van der Waals surface area contributed by atoms with Crippen LogP contribution in [0.1, 0.15) is 17.3 Å². The van der Waals surface area contributed by atoms with E-state index in [2.05, 4.69) is 15.4 Å². The number of aromatic nitrogens is 3. The summed E-state index contributed by atoms with van der Waals surface area (Å²) in [7, 11) is 0. The molecule has 4 rings (SSSR count). The molecule has 0 aliphatic carbocycles. The van der Waals surface area contributed by atoms with Gasteiger partial charge in [0.15, 0.2) is 11.4 Å². The Morgan fingerprint density at radius 1 is 1.15 bits per heavy atom. The lowest BCUT2D eigenvalue weighted by Gasteiger charge is -2.09. The van der Waals surface area contributed by atoms with E-state index >= 15 is 0 Å². The number of hydrogen-bond donors (Lipinski definition) is 1. The van der Waals surface area contributed by atoms with Crippen LogP contribution in [0, 0.1) is 0 Å². The van der Waals surface area contributed by atoms with Crippen molar-refractivity contribution >= 4 is 28.9 Å². The minimum atomic E-state index is -0.465. The number of para-hydroxylation sites is 3. The molecule has 0 atom stereocenters. The van der Waals surface area contributed by atoms with Gasteiger partial charge in [-0.1, -0.05) is 30.3 Å². The number of hydrogen-bond acceptors (Lipinski definition) is 6. The first-order valence-corrected chi connectivity index (χ1v) is 8.19. The summed E-state index contributed by atoms with van der Waals surface area (Å²) in [5.41, 5.74) is 2.47. The summed E-state index contributed by atoms with van der Waals surface area (Å²) in [6.45, 7) is 2.03. The van der Waals surface area contributed by atoms with E-state index in [0.717, 1.165) is 11.2 Å². The molecule has 0 aliphatic heterocycles. The summed E-state index contributed by atoms with van der Waals surface area (Å²) in [5, 5.41) is 7.39. The van der Waals surface area contributed by atoms with Crippen LogP contribution in [-0.2, 0) is 4.74 Å². The smallest absolute Gasteiger partial charge is 0.343 e. The van der Waals surface area contributed by atoms with Crippen molar-refractivity contribution in [3.05, 3.63) is 66.4 Å². The van der Waals surface area contributed by atoms with Crippen molar-refractivity contribution < 1.29 is 13.9 Å². The summed E-state index contributed by atoms with van der Waals surface area (Å²) in [6, 6.07) is 17.2. The van der Waals surface area contributed by atoms with Gasteiger partial charge in [-0.15, -0.1) is 0 Å². The maximum absolute atomic E-state index is 12.3. The number of rotatable bonds is 5. The average Bonchev–Trinajstić information content (AvgIpc) is 3.26. The van der Waals surface area contributed by atoms with E-state index in [1.54, 1.807) is 11.6 Å². The predicted octanol–water partition coefficient (Wildman–Crippen LogP) is 3.93. The standard InChI is InChI=1S/C19H16N4O3/c1-2-25-18(24)14-12-20-23(13-8-4-3-5-9-13)17(14)22-19-21-15-10-6-7-11-16(15)26-19/h3-12H,2H2,1H3,(H,21,22). The number of carbonyl (C=O) groups is 1. The Morgan fingerprint density at radius 2 is 1.92 bits per heavy atom. The zero-order valence-corrected chi connectivity index (χ0v) is 14.0. The molecule has 0 amide bonds. The Kier molecular flexibility index (Phi) is 4.10. The van der Waals surface area contributed by atoms with Gasteiger partial charge in [-0.25, -0.2) is 9.48 Å². The highest BCUT2D eigenvalue weighted by Crippen LogP contribution is 2.27. The molecule has 2 aromatic carbocycles. The second kappa shape index (κ2) is 6.72. The lowest BCUT2D eigenvalue weighted by molar-refractivity contribution is 0.0527. The minimum absolute atomic E-state index is 0.273. The van der Waals surface area contributed by atoms with Crippen molar-refractivity contribution in [1.29, 1.82) is 0 Å². The number of nitrogens with zero attached hydrogens (tertiary/aromatic N) is 3. The molecule has 7 heteroatoms. The van der Waals surface area contributed by atoms with E-state index in [4.69, 9.17) is 9.15 Å². The van der Waals surface area contributed by atoms with Crippen LogP contribution in [0.5, 0.6) is 0 Å². The third-order valence-corrected chi connectivity index (χ3v) is 3.78. The van der Waals surface area contributed by atoms with Crippen molar-refractivity contribution in [2.45, 2.75) is 6.92 Å². The van der Waals surface area contributed by atoms with Crippen LogP contribution in [-0.4, -0.2) is 27.3 Å². The maximum atomic E-state index is 12.3. The summed E-state index contributed by atoms with van der Waals surface area (Å²) in [4.78, 5) is 16.7. The van der Waals surface area contributed by atoms with Gasteiger partial charge in [0.05, 0.1) is 18.5 Å². The fourth-order valence-corrected chi connectivity index (χ4v) is 2.62. The van der Waals surface area contributed by atoms with Gasteiger partial charge in [0.1, 0.15) is 11.1 Å². The number of anilines is 2. The number of fused-ring (bicyclic) bond motifs is 1. The first-order valence-electron chi connectivity index (χ1n) is 8.19. The lowest BCUT2D eigenvalue weighted by Crippen LogP contribution is -2.09. The second-order valence-corrected chi connectivity index (χ2v) is 5.49. The highest BCUT2D eigenvalue weighted by Gasteiger charge is 2.21. The molecule has 26 heavy (non-hydrogen) atoms. The number of oxazole rings is 1. The third kappa shape index (κ3) is 2.90. The van der Waals surface area contributed by atoms with E-state index in [1.165, 1.54) is 6.20 Å². The molecule has 0 aliphatic rings. The van der Waals surface area contributed by atoms with Crippen molar-refractivity contribution in [2.24, 2.45) is 0 Å². The van der Waals surface area contributed by atoms with E-state index < -0.39 is 5.97 Å². The summed E-state index contributed by atoms with van der Waals surface area (Å²) in [6.07, 6.45) is 1.47. The molecule has 1 N–H and O–H groups in total. The molecule has 2 heterocycles. The van der Waals surface area contributed by atoms with Gasteiger partial charge in [0.2, 0.25) is 0 Å². The Morgan fingerprint density at radius 3 is 2.69 bits per heavy atom. The highest BCUT2D eigenvalue weighted by atomic mass is 16.5. The third-order valence-electron chi connectivity index (χ3n) is 3.78. The molecule has 0 saturated heterocycles. The molecule has 0 spiro atoms. The first kappa shape index (κ1) is 15.9. The molecule has 7 nitrogen and oxygen atoms in total. The molecule has 0 fully saturated rings. The Labute approximate surface area is 149 Å². The summed E-state index contributed by atoms with van der Waals surface area (Å²) >= 11 is 0. The van der Waals surface area contributed by atoms with Crippen molar-refractivity contribution in [3.8, 4) is 5.69 Å². The quantitative estimate of drug-likeness (QED) is 0.550. The molecule has 0 bridgehead atoms. The molecule has 0 unspecified atom stereocenters. The fourth-order valence-electron chi connectivity index (χ4n) is 2.62. The molecular weight excluding hydrogens is 332 g/mol. The Balaban J connectivity index is 1.78. The van der Waals surface area contributed by atoms with Crippen molar-refractivity contribution in [1.82, 2.24) is 14.8 Å². The largest absolute Gasteiger partial charge is 0.462 e. The van der Waals surface area contributed by atoms with Gasteiger partial charge in [-0.3, -0.25) is 5.32 Å². The molecule has 0 radical (unpaired) electrons. The number of esters is 1. The fraction of sp³-hybridized carbons (Fsp3) is 0.105. The zero-order valence-electron chi connectivity index (χ0n) is 14.0. The molecule has 2 aromatic heterocycles. The lowest BCUT2D eigenvalue weighted by atomic mass is 10.3. The average molecular weight is 348 g/mol. The van der Waals surface area contributed by atoms with Gasteiger partial charge in [0, 0.05) is 0 Å². The van der Waals surface area contributed by atoms with Crippen LogP contribution < -0.4 is 5.32 Å². The highest BCUT2D eigenvalue weighted by molar-refractivity contribution is 5.95. The van der Waals surface area contributed by atoms with Gasteiger partial charge in [0.25, 0.3) is 0 Å². The number of carbonyl (C=O) groups excluding carboxylic acids is 1. The monoisotopic (exact) mass is 348 g/mol. The van der Waals surface area contributed by atoms with Gasteiger partial charge in [-0.05, 0) is 31.2 Å². The topological polar surface area (TPSA) is 82.2 Å². The molecule has 0 saturated carbocycles. The van der Waals surface area contributed by atoms with Crippen LogP contribution in [0.25, 0.3) is 16.8 Å². The van der Waals surface area contributed by atoms with Gasteiger partial charge in [-0.2, -0.15) is 10.1 Å². The first-order chi connectivity index (χ1) is 12.8. The Hall–Kier alpha value is -3.61. The van der Waals surface area contributed by atoms with Gasteiger partial charge < -0.3 is 9.15 Å². The maximum Gasteiger partial charge on any atom is 0.343 e. The number of benzene rings is 2. The summed E-state index contributed by atoms with van der Waals surface area (Å²) in [5.74, 6) is -0.0329. The SMILES string of the molecule is CCOC(=O)c1cnn(-c2ccccc2)c1Nc1nc2ccccc2o1.